The smallest absolute Gasteiger partial charge is 0.422 e. The number of aliphatic imine (C=N–C) groups is 1. The van der Waals surface area contributed by atoms with E-state index >= 15 is 0 Å². The number of hydrogen-bond acceptors (Lipinski definition) is 3. The van der Waals surface area contributed by atoms with Gasteiger partial charge in [0.1, 0.15) is 11.6 Å². The Morgan fingerprint density at radius 2 is 1.71 bits per heavy atom. The van der Waals surface area contributed by atoms with Crippen LogP contribution >= 0.6 is 24.0 Å². The minimum absolute atomic E-state index is 0. The van der Waals surface area contributed by atoms with Gasteiger partial charge in [0.05, 0.1) is 18.4 Å². The maximum Gasteiger partial charge on any atom is 0.422 e. The van der Waals surface area contributed by atoms with Crippen molar-refractivity contribution in [2.75, 3.05) is 13.7 Å². The van der Waals surface area contributed by atoms with Crippen molar-refractivity contribution in [3.8, 4) is 17.0 Å². The zero-order valence-corrected chi connectivity index (χ0v) is 19.1. The number of nitrogens with zero attached hydrogens (tertiary/aromatic N) is 2. The second-order valence-electron chi connectivity index (χ2n) is 6.44. The van der Waals surface area contributed by atoms with Crippen molar-refractivity contribution in [1.29, 1.82) is 0 Å². The summed E-state index contributed by atoms with van der Waals surface area (Å²) in [6.07, 6.45) is -2.57. The number of rotatable bonds is 7. The lowest BCUT2D eigenvalue weighted by atomic mass is 10.2. The van der Waals surface area contributed by atoms with E-state index in [0.717, 1.165) is 22.6 Å². The molecule has 0 aliphatic rings. The second-order valence-corrected chi connectivity index (χ2v) is 6.44. The third kappa shape index (κ3) is 8.12. The van der Waals surface area contributed by atoms with Gasteiger partial charge in [-0.25, -0.2) is 4.98 Å². The van der Waals surface area contributed by atoms with E-state index < -0.39 is 12.8 Å². The summed E-state index contributed by atoms with van der Waals surface area (Å²) < 4.78 is 41.3. The van der Waals surface area contributed by atoms with E-state index in [2.05, 4.69) is 25.6 Å². The van der Waals surface area contributed by atoms with Gasteiger partial charge in [0.15, 0.2) is 12.6 Å². The Hall–Kier alpha value is -2.76. The summed E-state index contributed by atoms with van der Waals surface area (Å²) in [6, 6.07) is 16.3. The first kappa shape index (κ1) is 24.5. The molecule has 0 saturated heterocycles. The van der Waals surface area contributed by atoms with E-state index in [4.69, 9.17) is 4.74 Å². The predicted molar refractivity (Wildman–Crippen MR) is 124 cm³/mol. The summed E-state index contributed by atoms with van der Waals surface area (Å²) in [7, 11) is 1.65. The Labute approximate surface area is 195 Å². The molecule has 0 atom stereocenters. The van der Waals surface area contributed by atoms with Crippen molar-refractivity contribution in [3.63, 3.8) is 0 Å². The number of guanidine groups is 1. The van der Waals surface area contributed by atoms with Gasteiger partial charge in [-0.15, -0.1) is 24.0 Å². The standard InChI is InChI=1S/C21H22F3N5O.HI/c1-25-20(27-11-15-7-9-17(10-8-15)30-14-21(22,23)24)28-13-19-26-12-18(29-19)16-5-3-2-4-6-16;/h2-10,12H,11,13-14H2,1H3,(H,26,29)(H2,25,27,28);1H. The topological polar surface area (TPSA) is 74.3 Å². The first-order valence-electron chi connectivity index (χ1n) is 9.25. The van der Waals surface area contributed by atoms with Crippen LogP contribution in [-0.4, -0.2) is 35.8 Å². The molecule has 3 rings (SSSR count). The van der Waals surface area contributed by atoms with Crippen molar-refractivity contribution in [2.24, 2.45) is 4.99 Å². The Morgan fingerprint density at radius 1 is 1.03 bits per heavy atom. The van der Waals surface area contributed by atoms with Gasteiger partial charge in [0.2, 0.25) is 0 Å². The van der Waals surface area contributed by atoms with Gasteiger partial charge in [-0.2, -0.15) is 13.2 Å². The highest BCUT2D eigenvalue weighted by atomic mass is 127. The number of ether oxygens (including phenoxy) is 1. The fourth-order valence-corrected chi connectivity index (χ4v) is 2.66. The number of imidazole rings is 1. The highest BCUT2D eigenvalue weighted by Crippen LogP contribution is 2.19. The van der Waals surface area contributed by atoms with E-state index in [9.17, 15) is 13.2 Å². The summed E-state index contributed by atoms with van der Waals surface area (Å²) >= 11 is 0. The number of benzene rings is 2. The first-order valence-corrected chi connectivity index (χ1v) is 9.25. The van der Waals surface area contributed by atoms with Crippen LogP contribution in [0, 0.1) is 0 Å². The molecule has 0 amide bonds. The Balaban J connectivity index is 0.00000341. The summed E-state index contributed by atoms with van der Waals surface area (Å²) in [5.74, 6) is 1.51. The van der Waals surface area contributed by atoms with Gasteiger partial charge in [0, 0.05) is 13.6 Å². The molecule has 0 aliphatic carbocycles. The molecule has 1 heterocycles. The zero-order chi connectivity index (χ0) is 21.4. The number of hydrogen-bond donors (Lipinski definition) is 3. The van der Waals surface area contributed by atoms with Gasteiger partial charge in [-0.3, -0.25) is 4.99 Å². The summed E-state index contributed by atoms with van der Waals surface area (Å²) in [6.45, 7) is -0.400. The molecule has 2 aromatic carbocycles. The minimum atomic E-state index is -4.35. The summed E-state index contributed by atoms with van der Waals surface area (Å²) in [4.78, 5) is 11.8. The molecule has 0 aliphatic heterocycles. The fraction of sp³-hybridized carbons (Fsp3) is 0.238. The Bertz CT molecular complexity index is 959. The Morgan fingerprint density at radius 3 is 2.35 bits per heavy atom. The van der Waals surface area contributed by atoms with Gasteiger partial charge in [-0.1, -0.05) is 42.5 Å². The molecule has 3 N–H and O–H groups in total. The number of nitrogens with one attached hydrogen (secondary N) is 3. The van der Waals surface area contributed by atoms with E-state index in [-0.39, 0.29) is 29.7 Å². The minimum Gasteiger partial charge on any atom is -0.484 e. The lowest BCUT2D eigenvalue weighted by Gasteiger charge is -2.12. The van der Waals surface area contributed by atoms with E-state index in [1.165, 1.54) is 12.1 Å². The highest BCUT2D eigenvalue weighted by Gasteiger charge is 2.28. The molecule has 0 unspecified atom stereocenters. The molecule has 166 valence electrons. The maximum absolute atomic E-state index is 12.2. The van der Waals surface area contributed by atoms with E-state index in [0.29, 0.717) is 19.0 Å². The zero-order valence-electron chi connectivity index (χ0n) is 16.7. The van der Waals surface area contributed by atoms with Crippen LogP contribution in [0.5, 0.6) is 5.75 Å². The van der Waals surface area contributed by atoms with E-state index in [1.54, 1.807) is 25.4 Å². The molecule has 1 aromatic heterocycles. The molecule has 0 fully saturated rings. The number of H-pyrrole nitrogens is 1. The normalized spacial score (nSPS) is 11.5. The van der Waals surface area contributed by atoms with Crippen LogP contribution in [-0.2, 0) is 13.1 Å². The van der Waals surface area contributed by atoms with Gasteiger partial charge in [-0.05, 0) is 23.3 Å². The molecular weight excluding hydrogens is 522 g/mol. The number of alkyl halides is 3. The number of aromatic nitrogens is 2. The lowest BCUT2D eigenvalue weighted by Crippen LogP contribution is -2.36. The van der Waals surface area contributed by atoms with Crippen LogP contribution in [0.2, 0.25) is 0 Å². The largest absolute Gasteiger partial charge is 0.484 e. The van der Waals surface area contributed by atoms with E-state index in [1.807, 2.05) is 30.3 Å². The lowest BCUT2D eigenvalue weighted by molar-refractivity contribution is -0.153. The SMILES string of the molecule is CN=C(NCc1ccc(OCC(F)(F)F)cc1)NCc1ncc(-c2ccccc2)[nH]1.I. The fourth-order valence-electron chi connectivity index (χ4n) is 2.66. The van der Waals surface area contributed by atoms with Crippen LogP contribution in [0.3, 0.4) is 0 Å². The third-order valence-electron chi connectivity index (χ3n) is 4.15. The molecular formula is C21H23F3IN5O. The maximum atomic E-state index is 12.2. The van der Waals surface area contributed by atoms with Crippen molar-refractivity contribution < 1.29 is 17.9 Å². The predicted octanol–water partition coefficient (Wildman–Crippen LogP) is 4.50. The number of aromatic amines is 1. The molecule has 6 nitrogen and oxygen atoms in total. The van der Waals surface area contributed by atoms with Gasteiger partial charge in [0.25, 0.3) is 0 Å². The molecule has 0 spiro atoms. The Kier molecular flexibility index (Phi) is 9.16. The molecule has 3 aromatic rings. The number of halogens is 4. The average molecular weight is 545 g/mol. The van der Waals surface area contributed by atoms with Gasteiger partial charge < -0.3 is 20.4 Å². The van der Waals surface area contributed by atoms with Crippen LogP contribution in [0.4, 0.5) is 13.2 Å². The van der Waals surface area contributed by atoms with Crippen molar-refractivity contribution in [3.05, 3.63) is 72.2 Å². The summed E-state index contributed by atoms with van der Waals surface area (Å²) in [5, 5.41) is 6.31. The molecule has 0 saturated carbocycles. The van der Waals surface area contributed by atoms with Crippen molar-refractivity contribution >= 4 is 29.9 Å². The second kappa shape index (κ2) is 11.6. The molecule has 0 bridgehead atoms. The molecule has 31 heavy (non-hydrogen) atoms. The quantitative estimate of drug-likeness (QED) is 0.232. The van der Waals surface area contributed by atoms with Crippen LogP contribution in [0.1, 0.15) is 11.4 Å². The third-order valence-corrected chi connectivity index (χ3v) is 4.15. The van der Waals surface area contributed by atoms with Gasteiger partial charge >= 0.3 is 6.18 Å². The van der Waals surface area contributed by atoms with Crippen LogP contribution in [0.15, 0.2) is 65.8 Å². The highest BCUT2D eigenvalue weighted by molar-refractivity contribution is 14.0. The monoisotopic (exact) mass is 545 g/mol. The van der Waals surface area contributed by atoms with Crippen molar-refractivity contribution in [2.45, 2.75) is 19.3 Å². The van der Waals surface area contributed by atoms with Crippen molar-refractivity contribution in [1.82, 2.24) is 20.6 Å². The van der Waals surface area contributed by atoms with Crippen LogP contribution in [0.25, 0.3) is 11.3 Å². The average Bonchev–Trinajstić information content (AvgIpc) is 3.22. The summed E-state index contributed by atoms with van der Waals surface area (Å²) in [5.41, 5.74) is 2.87. The van der Waals surface area contributed by atoms with Crippen LogP contribution < -0.4 is 15.4 Å². The molecule has 10 heteroatoms. The first-order chi connectivity index (χ1) is 14.4. The molecule has 0 radical (unpaired) electrons.